The fraction of sp³-hybridized carbons (Fsp3) is 0.273. The van der Waals surface area contributed by atoms with Crippen LogP contribution in [0.1, 0.15) is 46.8 Å². The lowest BCUT2D eigenvalue weighted by molar-refractivity contribution is 0.102. The molecule has 2 heterocycles. The van der Waals surface area contributed by atoms with Gasteiger partial charge in [-0.1, -0.05) is 48.0 Å². The van der Waals surface area contributed by atoms with Crippen LogP contribution in [-0.4, -0.2) is 10.5 Å². The average molecular weight is 425 g/mol. The number of benzene rings is 2. The van der Waals surface area contributed by atoms with Crippen LogP contribution >= 0.6 is 15.9 Å². The number of nitrogens with one attached hydrogen (secondary N) is 1. The number of amides is 1. The number of hydrogen-bond donors (Lipinski definition) is 1. The number of aryl methyl sites for hydroxylation is 3. The highest BCUT2D eigenvalue weighted by atomic mass is 79.9. The summed E-state index contributed by atoms with van der Waals surface area (Å²) in [6.07, 6.45) is 2.58. The summed E-state index contributed by atoms with van der Waals surface area (Å²) in [5.41, 5.74) is 4.91. The second-order valence-corrected chi connectivity index (χ2v) is 8.34. The number of halogens is 1. The number of carbonyl (C=O) groups is 1. The molecule has 5 heteroatoms. The molecular formula is C22H21BrN2O2. The SMILES string of the molecule is Cc1cccc(C(C)C)c1NC(=O)c1cn2c3c(cc(Br)cc3c1=O)CC2. The molecule has 0 bridgehead atoms. The molecule has 0 saturated carbocycles. The number of para-hydroxylation sites is 1. The van der Waals surface area contributed by atoms with Crippen molar-refractivity contribution in [3.05, 3.63) is 73.5 Å². The predicted molar refractivity (Wildman–Crippen MR) is 113 cm³/mol. The van der Waals surface area contributed by atoms with Crippen molar-refractivity contribution in [2.45, 2.75) is 39.7 Å². The van der Waals surface area contributed by atoms with Gasteiger partial charge in [0.2, 0.25) is 5.43 Å². The van der Waals surface area contributed by atoms with Crippen LogP contribution in [0.2, 0.25) is 0 Å². The molecule has 1 aliphatic rings. The molecule has 3 aromatic rings. The van der Waals surface area contributed by atoms with Crippen LogP contribution < -0.4 is 10.7 Å². The molecule has 1 amide bonds. The first-order valence-corrected chi connectivity index (χ1v) is 9.92. The predicted octanol–water partition coefficient (Wildman–Crippen LogP) is 5.00. The molecule has 0 unspecified atom stereocenters. The maximum Gasteiger partial charge on any atom is 0.261 e. The Morgan fingerprint density at radius 3 is 2.78 bits per heavy atom. The summed E-state index contributed by atoms with van der Waals surface area (Å²) < 4.78 is 2.89. The Bertz CT molecular complexity index is 1150. The summed E-state index contributed by atoms with van der Waals surface area (Å²) in [7, 11) is 0. The third kappa shape index (κ3) is 3.00. The van der Waals surface area contributed by atoms with Crippen molar-refractivity contribution >= 4 is 38.4 Å². The first kappa shape index (κ1) is 18.0. The molecule has 138 valence electrons. The molecule has 0 fully saturated rings. The van der Waals surface area contributed by atoms with E-state index in [1.807, 2.05) is 41.8 Å². The van der Waals surface area contributed by atoms with Gasteiger partial charge in [0, 0.05) is 28.3 Å². The van der Waals surface area contributed by atoms with Crippen molar-refractivity contribution in [1.29, 1.82) is 0 Å². The smallest absolute Gasteiger partial charge is 0.261 e. The highest BCUT2D eigenvalue weighted by Crippen LogP contribution is 2.30. The van der Waals surface area contributed by atoms with Gasteiger partial charge in [-0.3, -0.25) is 9.59 Å². The van der Waals surface area contributed by atoms with E-state index in [0.717, 1.165) is 45.3 Å². The summed E-state index contributed by atoms with van der Waals surface area (Å²) >= 11 is 3.48. The van der Waals surface area contributed by atoms with Crippen LogP contribution in [0, 0.1) is 6.92 Å². The van der Waals surface area contributed by atoms with Gasteiger partial charge in [0.05, 0.1) is 5.52 Å². The average Bonchev–Trinajstić information content (AvgIpc) is 3.02. The van der Waals surface area contributed by atoms with E-state index in [2.05, 4.69) is 35.1 Å². The van der Waals surface area contributed by atoms with Crippen LogP contribution in [0.5, 0.6) is 0 Å². The van der Waals surface area contributed by atoms with Crippen molar-refractivity contribution in [2.75, 3.05) is 5.32 Å². The Labute approximate surface area is 166 Å². The zero-order valence-electron chi connectivity index (χ0n) is 15.6. The quantitative estimate of drug-likeness (QED) is 0.642. The van der Waals surface area contributed by atoms with Crippen molar-refractivity contribution in [1.82, 2.24) is 4.57 Å². The molecule has 0 aliphatic carbocycles. The van der Waals surface area contributed by atoms with Gasteiger partial charge >= 0.3 is 0 Å². The number of rotatable bonds is 3. The Morgan fingerprint density at radius 1 is 1.26 bits per heavy atom. The van der Waals surface area contributed by atoms with Crippen molar-refractivity contribution in [2.24, 2.45) is 0 Å². The number of carbonyl (C=O) groups excluding carboxylic acids is 1. The molecule has 0 saturated heterocycles. The minimum atomic E-state index is -0.352. The summed E-state index contributed by atoms with van der Waals surface area (Å²) in [6, 6.07) is 9.84. The lowest BCUT2D eigenvalue weighted by Crippen LogP contribution is -2.24. The summed E-state index contributed by atoms with van der Waals surface area (Å²) in [5, 5.41) is 3.60. The van der Waals surface area contributed by atoms with E-state index in [4.69, 9.17) is 0 Å². The second kappa shape index (κ2) is 6.64. The van der Waals surface area contributed by atoms with Crippen molar-refractivity contribution in [3.8, 4) is 0 Å². The van der Waals surface area contributed by atoms with Gasteiger partial charge in [0.25, 0.3) is 5.91 Å². The van der Waals surface area contributed by atoms with Gasteiger partial charge in [-0.15, -0.1) is 0 Å². The maximum absolute atomic E-state index is 13.1. The first-order chi connectivity index (χ1) is 12.9. The van der Waals surface area contributed by atoms with E-state index in [1.165, 1.54) is 0 Å². The molecule has 2 aromatic carbocycles. The van der Waals surface area contributed by atoms with Crippen LogP contribution in [0.15, 0.2) is 45.8 Å². The number of aromatic nitrogens is 1. The number of pyridine rings is 1. The molecule has 0 atom stereocenters. The van der Waals surface area contributed by atoms with Crippen LogP contribution in [-0.2, 0) is 13.0 Å². The maximum atomic E-state index is 13.1. The Hall–Kier alpha value is -2.40. The van der Waals surface area contributed by atoms with Crippen molar-refractivity contribution < 1.29 is 4.79 Å². The van der Waals surface area contributed by atoms with E-state index in [1.54, 1.807) is 6.20 Å². The minimum absolute atomic E-state index is 0.186. The van der Waals surface area contributed by atoms with Gasteiger partial charge < -0.3 is 9.88 Å². The molecular weight excluding hydrogens is 404 g/mol. The van der Waals surface area contributed by atoms with Crippen LogP contribution in [0.4, 0.5) is 5.69 Å². The zero-order chi connectivity index (χ0) is 19.3. The molecule has 0 radical (unpaired) electrons. The van der Waals surface area contributed by atoms with Crippen molar-refractivity contribution in [3.63, 3.8) is 0 Å². The second-order valence-electron chi connectivity index (χ2n) is 7.42. The van der Waals surface area contributed by atoms with E-state index in [-0.39, 0.29) is 22.8 Å². The molecule has 4 nitrogen and oxygen atoms in total. The van der Waals surface area contributed by atoms with E-state index in [9.17, 15) is 9.59 Å². The number of nitrogens with zero attached hydrogens (tertiary/aromatic N) is 1. The number of hydrogen-bond acceptors (Lipinski definition) is 2. The third-order valence-corrected chi connectivity index (χ3v) is 5.71. The van der Waals surface area contributed by atoms with E-state index < -0.39 is 0 Å². The van der Waals surface area contributed by atoms with Gasteiger partial charge in [-0.2, -0.15) is 0 Å². The highest BCUT2D eigenvalue weighted by Gasteiger charge is 2.22. The van der Waals surface area contributed by atoms with E-state index in [0.29, 0.717) is 5.39 Å². The monoisotopic (exact) mass is 424 g/mol. The standard InChI is InChI=1S/C22H21BrN2O2/c1-12(2)16-6-4-5-13(3)19(16)24-22(27)18-11-25-8-7-14-9-15(23)10-17(20(14)25)21(18)26/h4-6,9-12H,7-8H2,1-3H3,(H,24,27). The van der Waals surface area contributed by atoms with Gasteiger partial charge in [-0.05, 0) is 48.1 Å². The van der Waals surface area contributed by atoms with E-state index >= 15 is 0 Å². The normalized spacial score (nSPS) is 12.8. The van der Waals surface area contributed by atoms with Gasteiger partial charge in [0.15, 0.2) is 0 Å². The molecule has 1 aliphatic heterocycles. The number of anilines is 1. The summed E-state index contributed by atoms with van der Waals surface area (Å²) in [5.74, 6) is -0.0793. The van der Waals surface area contributed by atoms with Gasteiger partial charge in [0.1, 0.15) is 5.56 Å². The Kier molecular flexibility index (Phi) is 4.42. The Balaban J connectivity index is 1.83. The first-order valence-electron chi connectivity index (χ1n) is 9.13. The molecule has 0 spiro atoms. The summed E-state index contributed by atoms with van der Waals surface area (Å²) in [4.78, 5) is 26.1. The van der Waals surface area contributed by atoms with Crippen LogP contribution in [0.25, 0.3) is 10.9 Å². The lowest BCUT2D eigenvalue weighted by atomic mass is 9.98. The third-order valence-electron chi connectivity index (χ3n) is 5.25. The molecule has 1 aromatic heterocycles. The molecule has 4 rings (SSSR count). The topological polar surface area (TPSA) is 51.1 Å². The lowest BCUT2D eigenvalue weighted by Gasteiger charge is -2.17. The highest BCUT2D eigenvalue weighted by molar-refractivity contribution is 9.10. The fourth-order valence-electron chi connectivity index (χ4n) is 3.88. The molecule has 27 heavy (non-hydrogen) atoms. The zero-order valence-corrected chi connectivity index (χ0v) is 17.2. The Morgan fingerprint density at radius 2 is 2.04 bits per heavy atom. The summed E-state index contributed by atoms with van der Waals surface area (Å²) in [6.45, 7) is 6.94. The largest absolute Gasteiger partial charge is 0.346 e. The molecule has 1 N–H and O–H groups in total. The minimum Gasteiger partial charge on any atom is -0.346 e. The van der Waals surface area contributed by atoms with Crippen LogP contribution in [0.3, 0.4) is 0 Å². The fourth-order valence-corrected chi connectivity index (χ4v) is 4.39. The van der Waals surface area contributed by atoms with Gasteiger partial charge in [-0.25, -0.2) is 0 Å².